The van der Waals surface area contributed by atoms with Crippen molar-refractivity contribution in [3.05, 3.63) is 0 Å². The Morgan fingerprint density at radius 2 is 2.18 bits per heavy atom. The summed E-state index contributed by atoms with van der Waals surface area (Å²) in [4.78, 5) is 9.23. The van der Waals surface area contributed by atoms with E-state index in [2.05, 4.69) is 34.1 Å². The van der Waals surface area contributed by atoms with Crippen LogP contribution in [0.1, 0.15) is 32.6 Å². The normalized spacial score (nSPS) is 26.6. The lowest BCUT2D eigenvalue weighted by Gasteiger charge is -2.33. The van der Waals surface area contributed by atoms with Gasteiger partial charge in [-0.25, -0.2) is 0 Å². The number of nitrogens with one attached hydrogen (secondary N) is 1. The third kappa shape index (κ3) is 6.20. The van der Waals surface area contributed by atoms with Gasteiger partial charge >= 0.3 is 0 Å². The van der Waals surface area contributed by atoms with E-state index in [4.69, 9.17) is 4.74 Å². The van der Waals surface area contributed by atoms with E-state index < -0.39 is 0 Å². The van der Waals surface area contributed by atoms with Gasteiger partial charge in [0, 0.05) is 52.3 Å². The molecule has 2 fully saturated rings. The molecule has 130 valence electrons. The van der Waals surface area contributed by atoms with E-state index in [-0.39, 0.29) is 24.0 Å². The number of piperidine rings is 1. The Bertz CT molecular complexity index is 334. The summed E-state index contributed by atoms with van der Waals surface area (Å²) in [5.41, 5.74) is 0. The third-order valence-corrected chi connectivity index (χ3v) is 4.75. The largest absolute Gasteiger partial charge is 0.381 e. The highest BCUT2D eigenvalue weighted by molar-refractivity contribution is 14.0. The molecule has 0 aliphatic carbocycles. The summed E-state index contributed by atoms with van der Waals surface area (Å²) in [5.74, 6) is 1.65. The zero-order valence-electron chi connectivity index (χ0n) is 14.4. The predicted molar refractivity (Wildman–Crippen MR) is 103 cm³/mol. The van der Waals surface area contributed by atoms with Crippen molar-refractivity contribution < 1.29 is 4.74 Å². The highest BCUT2D eigenvalue weighted by Gasteiger charge is 2.20. The van der Waals surface area contributed by atoms with Crippen LogP contribution in [-0.2, 0) is 4.74 Å². The molecule has 2 atom stereocenters. The van der Waals surface area contributed by atoms with Crippen molar-refractivity contribution in [2.45, 2.75) is 38.6 Å². The molecular formula is C16H33IN4O. The van der Waals surface area contributed by atoms with Crippen LogP contribution in [0.5, 0.6) is 0 Å². The van der Waals surface area contributed by atoms with Crippen molar-refractivity contribution in [3.8, 4) is 0 Å². The van der Waals surface area contributed by atoms with Gasteiger partial charge in [0.25, 0.3) is 0 Å². The topological polar surface area (TPSA) is 40.1 Å². The molecule has 0 aromatic rings. The number of hydrogen-bond donors (Lipinski definition) is 1. The number of aliphatic imine (C=N–C) groups is 1. The maximum absolute atomic E-state index is 5.45. The Kier molecular flexibility index (Phi) is 9.66. The van der Waals surface area contributed by atoms with Gasteiger partial charge in [0.2, 0.25) is 0 Å². The fourth-order valence-corrected chi connectivity index (χ4v) is 3.39. The van der Waals surface area contributed by atoms with Gasteiger partial charge in [0.15, 0.2) is 5.96 Å². The molecule has 2 saturated heterocycles. The monoisotopic (exact) mass is 424 g/mol. The average Bonchev–Trinajstić information content (AvgIpc) is 2.98. The van der Waals surface area contributed by atoms with Gasteiger partial charge in [-0.2, -0.15) is 0 Å². The minimum absolute atomic E-state index is 0. The lowest BCUT2D eigenvalue weighted by atomic mass is 10.0. The van der Waals surface area contributed by atoms with Crippen molar-refractivity contribution in [2.24, 2.45) is 10.9 Å². The van der Waals surface area contributed by atoms with E-state index in [9.17, 15) is 0 Å². The third-order valence-electron chi connectivity index (χ3n) is 4.75. The standard InChI is InChI=1S/C16H32N4O.HI/c1-14-6-4-5-9-20(14)10-8-18-16(17-2)19(3)12-15-7-11-21-13-15;/h14-15H,4-13H2,1-3H3,(H,17,18);1H. The van der Waals surface area contributed by atoms with Gasteiger partial charge in [0.1, 0.15) is 0 Å². The predicted octanol–water partition coefficient (Wildman–Crippen LogP) is 2.02. The van der Waals surface area contributed by atoms with Crippen LogP contribution < -0.4 is 5.32 Å². The highest BCUT2D eigenvalue weighted by atomic mass is 127. The zero-order chi connectivity index (χ0) is 15.1. The van der Waals surface area contributed by atoms with Crippen LogP contribution in [0.3, 0.4) is 0 Å². The average molecular weight is 424 g/mol. The summed E-state index contributed by atoms with van der Waals surface area (Å²) in [6.45, 7) is 8.52. The molecule has 5 nitrogen and oxygen atoms in total. The molecular weight excluding hydrogens is 391 g/mol. The first-order valence-corrected chi connectivity index (χ1v) is 8.44. The summed E-state index contributed by atoms with van der Waals surface area (Å²) >= 11 is 0. The van der Waals surface area contributed by atoms with E-state index in [1.54, 1.807) is 0 Å². The smallest absolute Gasteiger partial charge is 0.193 e. The van der Waals surface area contributed by atoms with Crippen LogP contribution >= 0.6 is 24.0 Å². The second-order valence-electron chi connectivity index (χ2n) is 6.46. The van der Waals surface area contributed by atoms with Crippen LogP contribution in [0.15, 0.2) is 4.99 Å². The van der Waals surface area contributed by atoms with Crippen molar-refractivity contribution in [1.29, 1.82) is 0 Å². The van der Waals surface area contributed by atoms with Crippen LogP contribution in [0.4, 0.5) is 0 Å². The number of guanidine groups is 1. The van der Waals surface area contributed by atoms with Gasteiger partial charge in [-0.05, 0) is 32.7 Å². The van der Waals surface area contributed by atoms with Crippen LogP contribution in [0.25, 0.3) is 0 Å². The van der Waals surface area contributed by atoms with Crippen molar-refractivity contribution in [3.63, 3.8) is 0 Å². The molecule has 0 aromatic heterocycles. The fraction of sp³-hybridized carbons (Fsp3) is 0.938. The van der Waals surface area contributed by atoms with Gasteiger partial charge in [0.05, 0.1) is 6.61 Å². The summed E-state index contributed by atoms with van der Waals surface area (Å²) in [5, 5.41) is 3.50. The Hall–Kier alpha value is -0.0800. The lowest BCUT2D eigenvalue weighted by Crippen LogP contribution is -2.46. The Morgan fingerprint density at radius 1 is 1.36 bits per heavy atom. The Labute approximate surface area is 152 Å². The van der Waals surface area contributed by atoms with E-state index in [0.29, 0.717) is 5.92 Å². The molecule has 0 bridgehead atoms. The summed E-state index contributed by atoms with van der Waals surface area (Å²) in [6, 6.07) is 0.732. The molecule has 2 aliphatic heterocycles. The Balaban J connectivity index is 0.00000242. The zero-order valence-corrected chi connectivity index (χ0v) is 16.7. The van der Waals surface area contributed by atoms with Crippen LogP contribution in [-0.4, -0.2) is 75.3 Å². The number of halogens is 1. The maximum Gasteiger partial charge on any atom is 0.193 e. The van der Waals surface area contributed by atoms with E-state index >= 15 is 0 Å². The van der Waals surface area contributed by atoms with E-state index in [0.717, 1.165) is 44.8 Å². The maximum atomic E-state index is 5.45. The number of rotatable bonds is 5. The van der Waals surface area contributed by atoms with E-state index in [1.807, 2.05) is 7.05 Å². The first-order chi connectivity index (χ1) is 10.2. The molecule has 2 aliphatic rings. The highest BCUT2D eigenvalue weighted by Crippen LogP contribution is 2.15. The molecule has 0 saturated carbocycles. The van der Waals surface area contributed by atoms with Crippen LogP contribution in [0, 0.1) is 5.92 Å². The van der Waals surface area contributed by atoms with Gasteiger partial charge in [-0.15, -0.1) is 24.0 Å². The molecule has 0 radical (unpaired) electrons. The number of hydrogen-bond acceptors (Lipinski definition) is 3. The minimum atomic E-state index is 0. The molecule has 2 heterocycles. The fourth-order valence-electron chi connectivity index (χ4n) is 3.39. The number of nitrogens with zero attached hydrogens (tertiary/aromatic N) is 3. The van der Waals surface area contributed by atoms with Gasteiger partial charge < -0.3 is 15.0 Å². The minimum Gasteiger partial charge on any atom is -0.381 e. The lowest BCUT2D eigenvalue weighted by molar-refractivity contribution is 0.163. The van der Waals surface area contributed by atoms with Gasteiger partial charge in [-0.1, -0.05) is 6.42 Å². The molecule has 0 aromatic carbocycles. The summed E-state index contributed by atoms with van der Waals surface area (Å²) in [6.07, 6.45) is 5.25. The molecule has 22 heavy (non-hydrogen) atoms. The molecule has 0 amide bonds. The molecule has 0 spiro atoms. The Morgan fingerprint density at radius 3 is 2.82 bits per heavy atom. The quantitative estimate of drug-likeness (QED) is 0.417. The second kappa shape index (κ2) is 10.6. The van der Waals surface area contributed by atoms with Crippen molar-refractivity contribution >= 4 is 29.9 Å². The van der Waals surface area contributed by atoms with Crippen molar-refractivity contribution in [1.82, 2.24) is 15.1 Å². The summed E-state index contributed by atoms with van der Waals surface area (Å²) < 4.78 is 5.45. The molecule has 2 unspecified atom stereocenters. The summed E-state index contributed by atoms with van der Waals surface area (Å²) in [7, 11) is 3.99. The van der Waals surface area contributed by atoms with E-state index in [1.165, 1.54) is 32.2 Å². The first-order valence-electron chi connectivity index (χ1n) is 8.44. The second-order valence-corrected chi connectivity index (χ2v) is 6.46. The van der Waals surface area contributed by atoms with Crippen LogP contribution in [0.2, 0.25) is 0 Å². The van der Waals surface area contributed by atoms with Gasteiger partial charge in [-0.3, -0.25) is 9.89 Å². The molecule has 1 N–H and O–H groups in total. The molecule has 6 heteroatoms. The number of likely N-dealkylation sites (tertiary alicyclic amines) is 1. The van der Waals surface area contributed by atoms with Crippen molar-refractivity contribution in [2.75, 3.05) is 53.5 Å². The SMILES string of the molecule is CN=C(NCCN1CCCCC1C)N(C)CC1CCOC1.I. The number of ether oxygens (including phenoxy) is 1. The first kappa shape index (κ1) is 20.0. The molecule has 2 rings (SSSR count).